The highest BCUT2D eigenvalue weighted by Crippen LogP contribution is 2.32. The van der Waals surface area contributed by atoms with Crippen molar-refractivity contribution in [3.63, 3.8) is 0 Å². The second kappa shape index (κ2) is 9.97. The molecule has 0 aromatic heterocycles. The Labute approximate surface area is 160 Å². The number of anilines is 1. The van der Waals surface area contributed by atoms with Gasteiger partial charge in [-0.15, -0.1) is 0 Å². The zero-order chi connectivity index (χ0) is 19.7. The van der Waals surface area contributed by atoms with Gasteiger partial charge >= 0.3 is 7.25 Å². The van der Waals surface area contributed by atoms with Crippen LogP contribution in [-0.2, 0) is 0 Å². The summed E-state index contributed by atoms with van der Waals surface area (Å²) in [5, 5.41) is 4.14. The van der Waals surface area contributed by atoms with Gasteiger partial charge in [0.2, 0.25) is 5.69 Å². The molecule has 0 aliphatic heterocycles. The van der Waals surface area contributed by atoms with Crippen molar-refractivity contribution in [1.82, 2.24) is 0 Å². The molecule has 1 aliphatic rings. The summed E-state index contributed by atoms with van der Waals surface area (Å²) < 4.78 is 39.0. The summed E-state index contributed by atoms with van der Waals surface area (Å²) in [7, 11) is -6.00. The second-order valence-corrected chi connectivity index (χ2v) is 6.05. The number of benzene rings is 2. The van der Waals surface area contributed by atoms with Crippen molar-refractivity contribution < 1.29 is 22.3 Å². The van der Waals surface area contributed by atoms with E-state index in [0.29, 0.717) is 0 Å². The minimum Gasteiger partial charge on any atom is -0.418 e. The molecular weight excluding hydrogens is 378 g/mol. The molecule has 1 aliphatic carbocycles. The van der Waals surface area contributed by atoms with Crippen LogP contribution in [0.15, 0.2) is 83.0 Å². The summed E-state index contributed by atoms with van der Waals surface area (Å²) >= 11 is 6.48. The third-order valence-corrected chi connectivity index (χ3v) is 4.09. The topological polar surface area (TPSA) is 26.0 Å². The van der Waals surface area contributed by atoms with Gasteiger partial charge in [-0.05, 0) is 30.5 Å². The smallest absolute Gasteiger partial charge is 0.418 e. The SMILES string of the molecule is ClC1=C(C=[NH+]c2ccccc2)CC/C1=C\Nc1ccccc1.F[B-](F)(F)F. The summed E-state index contributed by atoms with van der Waals surface area (Å²) in [6, 6.07) is 20.2. The van der Waals surface area contributed by atoms with Gasteiger partial charge in [-0.25, -0.2) is 4.99 Å². The number of hydrogen-bond donors (Lipinski definition) is 2. The molecule has 0 radical (unpaired) electrons. The number of nitrogens with one attached hydrogen (secondary N) is 2. The fourth-order valence-corrected chi connectivity index (χ4v) is 2.67. The van der Waals surface area contributed by atoms with E-state index in [1.54, 1.807) is 0 Å². The zero-order valence-corrected chi connectivity index (χ0v) is 15.1. The van der Waals surface area contributed by atoms with Crippen LogP contribution in [0, 0.1) is 0 Å². The molecule has 0 spiro atoms. The van der Waals surface area contributed by atoms with Crippen LogP contribution in [0.4, 0.5) is 28.6 Å². The average Bonchev–Trinajstić information content (AvgIpc) is 2.98. The van der Waals surface area contributed by atoms with Crippen LogP contribution in [0.5, 0.6) is 0 Å². The summed E-state index contributed by atoms with van der Waals surface area (Å²) in [4.78, 5) is 3.30. The molecule has 0 saturated carbocycles. The Morgan fingerprint density at radius 3 is 2.04 bits per heavy atom. The van der Waals surface area contributed by atoms with Crippen molar-refractivity contribution in [1.29, 1.82) is 0 Å². The zero-order valence-electron chi connectivity index (χ0n) is 14.3. The Balaban J connectivity index is 0.000000465. The van der Waals surface area contributed by atoms with Gasteiger partial charge in [-0.2, -0.15) is 0 Å². The van der Waals surface area contributed by atoms with E-state index in [1.165, 1.54) is 0 Å². The van der Waals surface area contributed by atoms with E-state index < -0.39 is 7.25 Å². The second-order valence-electron chi connectivity index (χ2n) is 5.67. The predicted octanol–water partition coefficient (Wildman–Crippen LogP) is 5.05. The van der Waals surface area contributed by atoms with E-state index in [-0.39, 0.29) is 0 Å². The molecular formula is C19H18BClF4N2. The molecule has 0 amide bonds. The van der Waals surface area contributed by atoms with E-state index in [4.69, 9.17) is 11.6 Å². The summed E-state index contributed by atoms with van der Waals surface area (Å²) in [5.41, 5.74) is 4.43. The van der Waals surface area contributed by atoms with Crippen molar-refractivity contribution in [3.05, 3.63) is 83.0 Å². The van der Waals surface area contributed by atoms with Crippen molar-refractivity contribution >= 4 is 36.4 Å². The van der Waals surface area contributed by atoms with Gasteiger partial charge in [0.1, 0.15) is 0 Å². The van der Waals surface area contributed by atoms with Crippen LogP contribution in [0.25, 0.3) is 0 Å². The van der Waals surface area contributed by atoms with E-state index in [2.05, 4.69) is 10.3 Å². The first-order valence-corrected chi connectivity index (χ1v) is 8.62. The molecule has 142 valence electrons. The average molecular weight is 397 g/mol. The third-order valence-electron chi connectivity index (χ3n) is 3.60. The van der Waals surface area contributed by atoms with Crippen molar-refractivity contribution in [2.45, 2.75) is 12.8 Å². The Kier molecular flexibility index (Phi) is 7.67. The van der Waals surface area contributed by atoms with Gasteiger partial charge in [0.25, 0.3) is 0 Å². The molecule has 2 nitrogen and oxygen atoms in total. The highest BCUT2D eigenvalue weighted by molar-refractivity contribution is 6.50. The molecule has 2 aromatic carbocycles. The minimum atomic E-state index is -6.00. The Hall–Kier alpha value is -2.54. The largest absolute Gasteiger partial charge is 0.673 e. The predicted molar refractivity (Wildman–Crippen MR) is 104 cm³/mol. The van der Waals surface area contributed by atoms with Gasteiger partial charge in [0, 0.05) is 29.6 Å². The third kappa shape index (κ3) is 8.13. The molecule has 2 aromatic rings. The molecule has 8 heteroatoms. The molecule has 0 unspecified atom stereocenters. The van der Waals surface area contributed by atoms with Crippen LogP contribution in [0.2, 0.25) is 0 Å². The fraction of sp³-hybridized carbons (Fsp3) is 0.105. The van der Waals surface area contributed by atoms with Crippen molar-refractivity contribution in [2.24, 2.45) is 0 Å². The summed E-state index contributed by atoms with van der Waals surface area (Å²) in [6.45, 7) is 0. The van der Waals surface area contributed by atoms with Crippen LogP contribution in [0.1, 0.15) is 12.8 Å². The van der Waals surface area contributed by atoms with E-state index in [0.717, 1.165) is 40.4 Å². The Morgan fingerprint density at radius 2 is 1.44 bits per heavy atom. The first kappa shape index (κ1) is 20.8. The van der Waals surface area contributed by atoms with Gasteiger partial charge in [0.05, 0.1) is 5.03 Å². The van der Waals surface area contributed by atoms with Gasteiger partial charge < -0.3 is 22.6 Å². The van der Waals surface area contributed by atoms with Gasteiger partial charge in [-0.3, -0.25) is 0 Å². The Morgan fingerprint density at radius 1 is 0.889 bits per heavy atom. The standard InChI is InChI=1S/C19H17ClN2.BF4/c20-19-15(13-21-17-7-3-1-4-8-17)11-12-16(19)14-22-18-9-5-2-6-10-18;2-1(3,4)5/h1-10,13-14,21H,11-12H2;/q;-1/p+1/b15-13+,22-14?;. The van der Waals surface area contributed by atoms with Crippen LogP contribution in [0.3, 0.4) is 0 Å². The molecule has 0 bridgehead atoms. The van der Waals surface area contributed by atoms with Gasteiger partial charge in [0.15, 0.2) is 6.21 Å². The number of hydrogen-bond acceptors (Lipinski definition) is 1. The fourth-order valence-electron chi connectivity index (χ4n) is 2.38. The number of halogens is 5. The molecule has 0 atom stereocenters. The lowest BCUT2D eigenvalue weighted by Crippen LogP contribution is -2.61. The number of rotatable bonds is 4. The summed E-state index contributed by atoms with van der Waals surface area (Å²) in [5.74, 6) is 0. The first-order valence-electron chi connectivity index (χ1n) is 8.25. The molecule has 2 N–H and O–H groups in total. The van der Waals surface area contributed by atoms with Gasteiger partial charge in [-0.1, -0.05) is 48.0 Å². The maximum absolute atomic E-state index is 9.75. The van der Waals surface area contributed by atoms with E-state index >= 15 is 0 Å². The van der Waals surface area contributed by atoms with Crippen LogP contribution in [-0.4, -0.2) is 13.5 Å². The number of para-hydroxylation sites is 2. The van der Waals surface area contributed by atoms with E-state index in [1.807, 2.05) is 73.1 Å². The van der Waals surface area contributed by atoms with Crippen LogP contribution < -0.4 is 10.3 Å². The molecule has 0 fully saturated rings. The van der Waals surface area contributed by atoms with Crippen molar-refractivity contribution in [2.75, 3.05) is 5.32 Å². The maximum atomic E-state index is 9.75. The molecule has 0 heterocycles. The first-order chi connectivity index (χ1) is 12.8. The Bertz CT molecular complexity index is 813. The molecule has 0 saturated heterocycles. The molecule has 3 rings (SSSR count). The summed E-state index contributed by atoms with van der Waals surface area (Å²) in [6.07, 6.45) is 5.92. The highest BCUT2D eigenvalue weighted by Gasteiger charge is 2.20. The normalized spacial score (nSPS) is 15.8. The minimum absolute atomic E-state index is 0.840. The molecule has 27 heavy (non-hydrogen) atoms. The quantitative estimate of drug-likeness (QED) is 0.422. The van der Waals surface area contributed by atoms with Crippen LogP contribution >= 0.6 is 11.6 Å². The monoisotopic (exact) mass is 396 g/mol. The number of allylic oxidation sites excluding steroid dienone is 3. The lowest BCUT2D eigenvalue weighted by atomic mass is 10.2. The lowest BCUT2D eigenvalue weighted by Gasteiger charge is -2.02. The van der Waals surface area contributed by atoms with E-state index in [9.17, 15) is 17.3 Å². The maximum Gasteiger partial charge on any atom is 0.673 e. The lowest BCUT2D eigenvalue weighted by molar-refractivity contribution is -0.347. The highest BCUT2D eigenvalue weighted by atomic mass is 35.5. The van der Waals surface area contributed by atoms with Crippen molar-refractivity contribution in [3.8, 4) is 0 Å².